The van der Waals surface area contributed by atoms with E-state index in [1.54, 1.807) is 12.4 Å². The Kier molecular flexibility index (Phi) is 3.84. The van der Waals surface area contributed by atoms with E-state index in [2.05, 4.69) is 20.4 Å². The maximum absolute atomic E-state index is 11.6. The molecule has 4 aromatic rings. The van der Waals surface area contributed by atoms with E-state index in [9.17, 15) is 9.90 Å². The molecule has 1 aliphatic carbocycles. The first-order valence-electron chi connectivity index (χ1n) is 9.34. The summed E-state index contributed by atoms with van der Waals surface area (Å²) < 4.78 is 5.45. The van der Waals surface area contributed by atoms with Gasteiger partial charge < -0.3 is 14.9 Å². The summed E-state index contributed by atoms with van der Waals surface area (Å²) in [5.74, 6) is -0.119. The van der Waals surface area contributed by atoms with Gasteiger partial charge in [-0.25, -0.2) is 9.97 Å². The Morgan fingerprint density at radius 2 is 1.86 bits per heavy atom. The predicted molar refractivity (Wildman–Crippen MR) is 109 cm³/mol. The van der Waals surface area contributed by atoms with Gasteiger partial charge in [0.1, 0.15) is 12.0 Å². The molecule has 7 nitrogen and oxygen atoms in total. The number of carboxylic acids is 1. The molecule has 2 N–H and O–H groups in total. The number of hydrogen-bond donors (Lipinski definition) is 2. The van der Waals surface area contributed by atoms with Crippen molar-refractivity contribution in [1.29, 1.82) is 0 Å². The first-order chi connectivity index (χ1) is 14.1. The van der Waals surface area contributed by atoms with Crippen molar-refractivity contribution in [2.45, 2.75) is 18.3 Å². The maximum atomic E-state index is 11.6. The summed E-state index contributed by atoms with van der Waals surface area (Å²) in [6.07, 6.45) is 6.30. The number of aromatic nitrogens is 3. The molecular weight excluding hydrogens is 368 g/mol. The topological polar surface area (TPSA) is 101 Å². The van der Waals surface area contributed by atoms with Crippen molar-refractivity contribution in [2.75, 3.05) is 12.4 Å². The highest BCUT2D eigenvalue weighted by Crippen LogP contribution is 2.48. The quantitative estimate of drug-likeness (QED) is 0.532. The summed E-state index contributed by atoms with van der Waals surface area (Å²) >= 11 is 0. The van der Waals surface area contributed by atoms with Crippen LogP contribution in [-0.2, 0) is 10.2 Å². The van der Waals surface area contributed by atoms with Gasteiger partial charge >= 0.3 is 5.97 Å². The van der Waals surface area contributed by atoms with Crippen LogP contribution in [0.15, 0.2) is 59.6 Å². The highest BCUT2D eigenvalue weighted by Gasteiger charge is 2.51. The van der Waals surface area contributed by atoms with Crippen LogP contribution in [0.2, 0.25) is 0 Å². The molecule has 0 amide bonds. The van der Waals surface area contributed by atoms with Crippen LogP contribution in [0.4, 0.5) is 5.69 Å². The van der Waals surface area contributed by atoms with Crippen LogP contribution in [0.25, 0.3) is 33.4 Å². The molecule has 0 spiro atoms. The van der Waals surface area contributed by atoms with Crippen LogP contribution in [0.3, 0.4) is 0 Å². The maximum Gasteiger partial charge on any atom is 0.314 e. The zero-order chi connectivity index (χ0) is 20.0. The Morgan fingerprint density at radius 1 is 1.10 bits per heavy atom. The molecule has 2 aromatic carbocycles. The van der Waals surface area contributed by atoms with Crippen molar-refractivity contribution >= 4 is 22.6 Å². The Hall–Kier alpha value is -3.74. The van der Waals surface area contributed by atoms with Gasteiger partial charge in [-0.1, -0.05) is 35.5 Å². The Balaban J connectivity index is 1.62. The minimum atomic E-state index is -0.750. The summed E-state index contributed by atoms with van der Waals surface area (Å²) in [4.78, 5) is 20.3. The molecule has 2 heterocycles. The van der Waals surface area contributed by atoms with Gasteiger partial charge in [0.2, 0.25) is 0 Å². The van der Waals surface area contributed by atoms with Gasteiger partial charge in [-0.05, 0) is 30.0 Å². The molecule has 1 saturated carbocycles. The van der Waals surface area contributed by atoms with E-state index < -0.39 is 11.4 Å². The van der Waals surface area contributed by atoms with Crippen molar-refractivity contribution in [3.63, 3.8) is 0 Å². The second-order valence-corrected chi connectivity index (χ2v) is 7.23. The zero-order valence-corrected chi connectivity index (χ0v) is 15.7. The van der Waals surface area contributed by atoms with Gasteiger partial charge in [0.15, 0.2) is 5.76 Å². The molecule has 0 bridgehead atoms. The van der Waals surface area contributed by atoms with Gasteiger partial charge in [0.25, 0.3) is 0 Å². The van der Waals surface area contributed by atoms with Crippen LogP contribution in [0.5, 0.6) is 0 Å². The van der Waals surface area contributed by atoms with Gasteiger partial charge in [-0.15, -0.1) is 0 Å². The zero-order valence-electron chi connectivity index (χ0n) is 15.7. The van der Waals surface area contributed by atoms with E-state index in [1.165, 1.54) is 6.33 Å². The SMILES string of the molecule is CNc1cnoc1-c1ccc(-c2ccc(C3(C(=O)O)CC3)cc2)c2ncncc12. The summed E-state index contributed by atoms with van der Waals surface area (Å²) in [6.45, 7) is 0. The van der Waals surface area contributed by atoms with E-state index in [0.717, 1.165) is 38.8 Å². The third-order valence-electron chi connectivity index (χ3n) is 5.67. The van der Waals surface area contributed by atoms with Crippen molar-refractivity contribution in [1.82, 2.24) is 15.1 Å². The molecule has 2 aromatic heterocycles. The number of nitrogens with one attached hydrogen (secondary N) is 1. The first kappa shape index (κ1) is 17.4. The van der Waals surface area contributed by atoms with Crippen LogP contribution in [-0.4, -0.2) is 33.2 Å². The van der Waals surface area contributed by atoms with Crippen LogP contribution in [0.1, 0.15) is 18.4 Å². The largest absolute Gasteiger partial charge is 0.481 e. The van der Waals surface area contributed by atoms with Gasteiger partial charge in [0, 0.05) is 29.8 Å². The normalized spacial score (nSPS) is 14.7. The monoisotopic (exact) mass is 386 g/mol. The minimum Gasteiger partial charge on any atom is -0.481 e. The lowest BCUT2D eigenvalue weighted by atomic mass is 9.92. The third-order valence-corrected chi connectivity index (χ3v) is 5.67. The van der Waals surface area contributed by atoms with Crippen molar-refractivity contribution in [3.05, 3.63) is 60.7 Å². The Labute approximate surface area is 166 Å². The number of nitrogens with zero attached hydrogens (tertiary/aromatic N) is 3. The minimum absolute atomic E-state index is 0.631. The standard InChI is InChI=1S/C22H18N4O3/c1-23-18-11-26-29-20(18)16-7-6-15(19-17(16)10-24-12-25-19)13-2-4-14(5-3-13)22(8-9-22)21(27)28/h2-7,10-12,23H,8-9H2,1H3,(H,27,28). The van der Waals surface area contributed by atoms with Crippen molar-refractivity contribution in [2.24, 2.45) is 0 Å². The average molecular weight is 386 g/mol. The van der Waals surface area contributed by atoms with E-state index in [-0.39, 0.29) is 0 Å². The second kappa shape index (κ2) is 6.41. The molecule has 0 unspecified atom stereocenters. The van der Waals surface area contributed by atoms with E-state index >= 15 is 0 Å². The van der Waals surface area contributed by atoms with E-state index in [1.807, 2.05) is 43.4 Å². The smallest absolute Gasteiger partial charge is 0.314 e. The number of rotatable bonds is 5. The first-order valence-corrected chi connectivity index (χ1v) is 9.34. The molecular formula is C22H18N4O3. The molecule has 1 aliphatic rings. The molecule has 0 atom stereocenters. The Morgan fingerprint density at radius 3 is 2.55 bits per heavy atom. The fraction of sp³-hybridized carbons (Fsp3) is 0.182. The van der Waals surface area contributed by atoms with Crippen LogP contribution < -0.4 is 5.32 Å². The number of carbonyl (C=O) groups is 1. The predicted octanol–water partition coefficient (Wildman–Crippen LogP) is 4.11. The number of fused-ring (bicyclic) bond motifs is 1. The lowest BCUT2D eigenvalue weighted by molar-refractivity contribution is -0.140. The highest BCUT2D eigenvalue weighted by molar-refractivity contribution is 6.02. The van der Waals surface area contributed by atoms with Crippen molar-refractivity contribution < 1.29 is 14.4 Å². The summed E-state index contributed by atoms with van der Waals surface area (Å²) in [5.41, 5.74) is 4.50. The molecule has 5 rings (SSSR count). The van der Waals surface area contributed by atoms with E-state index in [4.69, 9.17) is 4.52 Å². The van der Waals surface area contributed by atoms with Gasteiger partial charge in [-0.3, -0.25) is 4.79 Å². The van der Waals surface area contributed by atoms with Gasteiger partial charge in [-0.2, -0.15) is 0 Å². The summed E-state index contributed by atoms with van der Waals surface area (Å²) in [6, 6.07) is 11.7. The number of aliphatic carboxylic acids is 1. The Bertz CT molecular complexity index is 1230. The molecule has 7 heteroatoms. The molecule has 1 fully saturated rings. The summed E-state index contributed by atoms with van der Waals surface area (Å²) in [5, 5.41) is 17.3. The van der Waals surface area contributed by atoms with Crippen LogP contribution in [0, 0.1) is 0 Å². The number of benzene rings is 2. The van der Waals surface area contributed by atoms with Crippen molar-refractivity contribution in [3.8, 4) is 22.5 Å². The fourth-order valence-electron chi connectivity index (χ4n) is 3.84. The number of carboxylic acid groups (broad SMARTS) is 1. The van der Waals surface area contributed by atoms with E-state index in [0.29, 0.717) is 18.6 Å². The number of anilines is 1. The lowest BCUT2D eigenvalue weighted by Crippen LogP contribution is -2.19. The summed E-state index contributed by atoms with van der Waals surface area (Å²) in [7, 11) is 1.81. The third kappa shape index (κ3) is 2.66. The number of hydrogen-bond acceptors (Lipinski definition) is 6. The fourth-order valence-corrected chi connectivity index (χ4v) is 3.84. The molecule has 0 radical (unpaired) electrons. The van der Waals surface area contributed by atoms with Crippen LogP contribution >= 0.6 is 0 Å². The highest BCUT2D eigenvalue weighted by atomic mass is 16.5. The average Bonchev–Trinajstić information content (AvgIpc) is 3.45. The second-order valence-electron chi connectivity index (χ2n) is 7.23. The molecule has 29 heavy (non-hydrogen) atoms. The lowest BCUT2D eigenvalue weighted by Gasteiger charge is -2.13. The molecule has 0 aliphatic heterocycles. The molecule has 0 saturated heterocycles. The van der Waals surface area contributed by atoms with Gasteiger partial charge in [0.05, 0.1) is 17.1 Å². The molecule has 144 valence electrons.